The topological polar surface area (TPSA) is 59.6 Å². The summed E-state index contributed by atoms with van der Waals surface area (Å²) in [5, 5.41) is 5.95. The van der Waals surface area contributed by atoms with Crippen LogP contribution in [0.15, 0.2) is 24.3 Å². The minimum absolute atomic E-state index is 0.0996. The van der Waals surface area contributed by atoms with Crippen molar-refractivity contribution in [3.63, 3.8) is 0 Å². The van der Waals surface area contributed by atoms with E-state index in [1.54, 1.807) is 20.3 Å². The largest absolute Gasteiger partial charge is 0.497 e. The van der Waals surface area contributed by atoms with Gasteiger partial charge in [-0.15, -0.1) is 0 Å². The lowest BCUT2D eigenvalue weighted by atomic mass is 10.1. The average Bonchev–Trinajstić information content (AvgIpc) is 2.37. The quantitative estimate of drug-likeness (QED) is 0.788. The van der Waals surface area contributed by atoms with Crippen molar-refractivity contribution in [1.29, 1.82) is 0 Å². The van der Waals surface area contributed by atoms with Gasteiger partial charge in [0.2, 0.25) is 5.91 Å². The molecule has 1 aromatic rings. The Kier molecular flexibility index (Phi) is 5.79. The number of carbonyl (C=O) groups excluding carboxylic acids is 1. The first kappa shape index (κ1) is 15.5. The molecule has 0 heterocycles. The minimum Gasteiger partial charge on any atom is -0.497 e. The number of hydrogen-bond donors (Lipinski definition) is 2. The lowest BCUT2D eigenvalue weighted by Crippen LogP contribution is -2.46. The normalized spacial score (nSPS) is 11.2. The van der Waals surface area contributed by atoms with Gasteiger partial charge in [0.15, 0.2) is 0 Å². The van der Waals surface area contributed by atoms with Gasteiger partial charge in [-0.05, 0) is 26.0 Å². The van der Waals surface area contributed by atoms with E-state index in [4.69, 9.17) is 9.47 Å². The Morgan fingerprint density at radius 1 is 1.32 bits per heavy atom. The maximum Gasteiger partial charge on any atom is 0.238 e. The highest BCUT2D eigenvalue weighted by molar-refractivity contribution is 5.92. The SMILES string of the molecule is COCC(C)(C)NCC(=O)Nc1cccc(OC)c1. The summed E-state index contributed by atoms with van der Waals surface area (Å²) in [5.74, 6) is 0.614. The number of rotatable bonds is 7. The zero-order chi connectivity index (χ0) is 14.3. The van der Waals surface area contributed by atoms with Crippen LogP contribution in [-0.2, 0) is 9.53 Å². The lowest BCUT2D eigenvalue weighted by molar-refractivity contribution is -0.115. The molecule has 0 saturated carbocycles. The van der Waals surface area contributed by atoms with E-state index in [1.165, 1.54) is 0 Å². The highest BCUT2D eigenvalue weighted by Gasteiger charge is 2.17. The third-order valence-electron chi connectivity index (χ3n) is 2.59. The van der Waals surface area contributed by atoms with E-state index in [-0.39, 0.29) is 18.0 Å². The summed E-state index contributed by atoms with van der Waals surface area (Å²) < 4.78 is 10.2. The van der Waals surface area contributed by atoms with E-state index in [1.807, 2.05) is 32.0 Å². The molecular formula is C14H22N2O3. The maximum atomic E-state index is 11.8. The number of nitrogens with one attached hydrogen (secondary N) is 2. The number of carbonyl (C=O) groups is 1. The smallest absolute Gasteiger partial charge is 0.238 e. The first-order valence-corrected chi connectivity index (χ1v) is 6.15. The van der Waals surface area contributed by atoms with Crippen LogP contribution >= 0.6 is 0 Å². The van der Waals surface area contributed by atoms with Crippen molar-refractivity contribution in [2.24, 2.45) is 0 Å². The van der Waals surface area contributed by atoms with E-state index in [2.05, 4.69) is 10.6 Å². The molecule has 1 aromatic carbocycles. The van der Waals surface area contributed by atoms with Crippen LogP contribution < -0.4 is 15.4 Å². The molecule has 1 amide bonds. The Hall–Kier alpha value is -1.59. The number of benzene rings is 1. The zero-order valence-electron chi connectivity index (χ0n) is 11.9. The molecule has 0 aliphatic rings. The van der Waals surface area contributed by atoms with Gasteiger partial charge >= 0.3 is 0 Å². The van der Waals surface area contributed by atoms with Crippen molar-refractivity contribution in [2.45, 2.75) is 19.4 Å². The molecule has 5 nitrogen and oxygen atoms in total. The van der Waals surface area contributed by atoms with E-state index in [0.29, 0.717) is 12.4 Å². The first-order valence-electron chi connectivity index (χ1n) is 6.15. The minimum atomic E-state index is -0.236. The van der Waals surface area contributed by atoms with Crippen LogP contribution in [0.2, 0.25) is 0 Å². The molecule has 0 radical (unpaired) electrons. The molecule has 0 aliphatic carbocycles. The predicted octanol–water partition coefficient (Wildman–Crippen LogP) is 1.65. The number of methoxy groups -OCH3 is 2. The highest BCUT2D eigenvalue weighted by atomic mass is 16.5. The van der Waals surface area contributed by atoms with Gasteiger partial charge in [0.1, 0.15) is 5.75 Å². The molecule has 0 fully saturated rings. The van der Waals surface area contributed by atoms with Crippen molar-refractivity contribution in [2.75, 3.05) is 32.7 Å². The van der Waals surface area contributed by atoms with Crippen LogP contribution in [0.3, 0.4) is 0 Å². The fraction of sp³-hybridized carbons (Fsp3) is 0.500. The number of hydrogen-bond acceptors (Lipinski definition) is 4. The molecule has 2 N–H and O–H groups in total. The van der Waals surface area contributed by atoms with Crippen LogP contribution in [0.4, 0.5) is 5.69 Å². The van der Waals surface area contributed by atoms with Gasteiger partial charge in [0, 0.05) is 24.4 Å². The Labute approximate surface area is 114 Å². The summed E-state index contributed by atoms with van der Waals surface area (Å²) in [5.41, 5.74) is 0.483. The van der Waals surface area contributed by atoms with Gasteiger partial charge in [-0.25, -0.2) is 0 Å². The van der Waals surface area contributed by atoms with Crippen molar-refractivity contribution >= 4 is 11.6 Å². The van der Waals surface area contributed by atoms with Crippen LogP contribution in [0, 0.1) is 0 Å². The highest BCUT2D eigenvalue weighted by Crippen LogP contribution is 2.16. The molecule has 0 saturated heterocycles. The third kappa shape index (κ3) is 5.72. The molecule has 19 heavy (non-hydrogen) atoms. The number of anilines is 1. The van der Waals surface area contributed by atoms with Gasteiger partial charge in [-0.1, -0.05) is 6.07 Å². The Bertz CT molecular complexity index is 419. The molecule has 0 unspecified atom stereocenters. The van der Waals surface area contributed by atoms with Gasteiger partial charge in [0.25, 0.3) is 0 Å². The average molecular weight is 266 g/mol. The maximum absolute atomic E-state index is 11.8. The fourth-order valence-corrected chi connectivity index (χ4v) is 1.64. The summed E-state index contributed by atoms with van der Waals surface area (Å²) in [7, 11) is 3.23. The third-order valence-corrected chi connectivity index (χ3v) is 2.59. The van der Waals surface area contributed by atoms with Crippen molar-refractivity contribution in [3.8, 4) is 5.75 Å². The summed E-state index contributed by atoms with van der Waals surface area (Å²) in [4.78, 5) is 11.8. The van der Waals surface area contributed by atoms with Gasteiger partial charge in [0.05, 0.1) is 20.3 Å². The van der Waals surface area contributed by atoms with Crippen LogP contribution in [0.1, 0.15) is 13.8 Å². The van der Waals surface area contributed by atoms with E-state index >= 15 is 0 Å². The first-order chi connectivity index (χ1) is 8.96. The second-order valence-electron chi connectivity index (χ2n) is 4.95. The van der Waals surface area contributed by atoms with Gasteiger partial charge < -0.3 is 20.1 Å². The van der Waals surface area contributed by atoms with Gasteiger partial charge in [-0.2, -0.15) is 0 Å². The molecule has 5 heteroatoms. The summed E-state index contributed by atoms with van der Waals surface area (Å²) in [6.45, 7) is 4.73. The predicted molar refractivity (Wildman–Crippen MR) is 75.6 cm³/mol. The fourth-order valence-electron chi connectivity index (χ4n) is 1.64. The Morgan fingerprint density at radius 2 is 2.05 bits per heavy atom. The second-order valence-corrected chi connectivity index (χ2v) is 4.95. The van der Waals surface area contributed by atoms with Gasteiger partial charge in [-0.3, -0.25) is 4.79 Å². The number of amides is 1. The molecule has 0 atom stereocenters. The molecule has 1 rings (SSSR count). The van der Waals surface area contributed by atoms with E-state index in [9.17, 15) is 4.79 Å². The molecule has 106 valence electrons. The van der Waals surface area contributed by atoms with Crippen molar-refractivity contribution in [3.05, 3.63) is 24.3 Å². The van der Waals surface area contributed by atoms with Crippen molar-refractivity contribution < 1.29 is 14.3 Å². The Balaban J connectivity index is 2.46. The summed E-state index contributed by atoms with van der Waals surface area (Å²) >= 11 is 0. The van der Waals surface area contributed by atoms with E-state index in [0.717, 1.165) is 5.69 Å². The monoisotopic (exact) mass is 266 g/mol. The zero-order valence-corrected chi connectivity index (χ0v) is 11.9. The molecule has 0 spiro atoms. The van der Waals surface area contributed by atoms with Crippen LogP contribution in [0.25, 0.3) is 0 Å². The second kappa shape index (κ2) is 7.11. The molecule has 0 aromatic heterocycles. The summed E-state index contributed by atoms with van der Waals surface area (Å²) in [6.07, 6.45) is 0. The molecule has 0 bridgehead atoms. The molecular weight excluding hydrogens is 244 g/mol. The summed E-state index contributed by atoms with van der Waals surface area (Å²) in [6, 6.07) is 7.26. The Morgan fingerprint density at radius 3 is 2.68 bits per heavy atom. The van der Waals surface area contributed by atoms with Crippen LogP contribution in [0.5, 0.6) is 5.75 Å². The number of ether oxygens (including phenoxy) is 2. The molecule has 0 aliphatic heterocycles. The van der Waals surface area contributed by atoms with Crippen LogP contribution in [-0.4, -0.2) is 38.8 Å². The van der Waals surface area contributed by atoms with Crippen molar-refractivity contribution in [1.82, 2.24) is 5.32 Å². The standard InChI is InChI=1S/C14H22N2O3/c1-14(2,10-18-3)15-9-13(17)16-11-6-5-7-12(8-11)19-4/h5-8,15H,9-10H2,1-4H3,(H,16,17). The lowest BCUT2D eigenvalue weighted by Gasteiger charge is -2.24. The van der Waals surface area contributed by atoms with E-state index < -0.39 is 0 Å².